The average Bonchev–Trinajstić information content (AvgIpc) is 2.92. The number of rotatable bonds is 2. The summed E-state index contributed by atoms with van der Waals surface area (Å²) in [5.41, 5.74) is 3.67. The number of nitrogens with zero attached hydrogens (tertiary/aromatic N) is 1. The first-order valence-electron chi connectivity index (χ1n) is 8.32. The molecule has 1 spiro atoms. The van der Waals surface area contributed by atoms with Gasteiger partial charge in [0.05, 0.1) is 12.7 Å². The number of piperidine rings is 1. The molecule has 2 aromatic carbocycles. The number of benzene rings is 2. The fraction of sp³-hybridized carbons (Fsp3) is 0.400. The summed E-state index contributed by atoms with van der Waals surface area (Å²) in [6, 6.07) is 17.0. The third-order valence-electron chi connectivity index (χ3n) is 5.27. The van der Waals surface area contributed by atoms with Gasteiger partial charge in [-0.25, -0.2) is 0 Å². The zero-order chi connectivity index (χ0) is 15.9. The Labute approximate surface area is 137 Å². The van der Waals surface area contributed by atoms with E-state index in [1.807, 2.05) is 6.07 Å². The summed E-state index contributed by atoms with van der Waals surface area (Å²) >= 11 is 0. The van der Waals surface area contributed by atoms with E-state index in [1.54, 1.807) is 7.11 Å². The van der Waals surface area contributed by atoms with Crippen LogP contribution < -0.4 is 4.74 Å². The molecule has 2 heterocycles. The van der Waals surface area contributed by atoms with Crippen LogP contribution in [0, 0.1) is 0 Å². The maximum absolute atomic E-state index is 6.71. The van der Waals surface area contributed by atoms with Gasteiger partial charge in [-0.05, 0) is 48.7 Å². The van der Waals surface area contributed by atoms with Crippen LogP contribution in [-0.2, 0) is 10.3 Å². The van der Waals surface area contributed by atoms with Crippen LogP contribution in [0.5, 0.6) is 5.75 Å². The molecule has 0 aromatic heterocycles. The van der Waals surface area contributed by atoms with Gasteiger partial charge in [-0.3, -0.25) is 0 Å². The highest BCUT2D eigenvalue weighted by molar-refractivity contribution is 5.47. The molecule has 0 aliphatic carbocycles. The summed E-state index contributed by atoms with van der Waals surface area (Å²) < 4.78 is 12.2. The molecular formula is C20H23NO2. The maximum atomic E-state index is 6.71. The van der Waals surface area contributed by atoms with Gasteiger partial charge < -0.3 is 14.4 Å². The van der Waals surface area contributed by atoms with Crippen molar-refractivity contribution in [1.82, 2.24) is 4.90 Å². The molecule has 120 valence electrons. The Morgan fingerprint density at radius 3 is 2.52 bits per heavy atom. The topological polar surface area (TPSA) is 21.7 Å². The molecule has 0 saturated carbocycles. The highest BCUT2D eigenvalue weighted by Gasteiger charge is 2.46. The first-order chi connectivity index (χ1) is 11.2. The molecule has 0 radical (unpaired) electrons. The fourth-order valence-electron chi connectivity index (χ4n) is 3.88. The van der Waals surface area contributed by atoms with Crippen molar-refractivity contribution in [2.24, 2.45) is 0 Å². The van der Waals surface area contributed by atoms with Crippen molar-refractivity contribution >= 4 is 0 Å². The van der Waals surface area contributed by atoms with Crippen molar-refractivity contribution in [3.63, 3.8) is 0 Å². The number of ether oxygens (including phenoxy) is 2. The molecule has 3 nitrogen and oxygen atoms in total. The van der Waals surface area contributed by atoms with E-state index in [-0.39, 0.29) is 11.7 Å². The standard InChI is InChI=1S/C20H23NO2/c1-21-12-10-20(11-13-21)18-14-16(22-2)8-9-17(18)19(23-20)15-6-4-3-5-7-15/h3-9,14,19H,10-13H2,1-2H3/t19-/m0/s1. The second-order valence-corrected chi connectivity index (χ2v) is 6.66. The lowest BCUT2D eigenvalue weighted by Gasteiger charge is -2.38. The lowest BCUT2D eigenvalue weighted by atomic mass is 9.83. The Morgan fingerprint density at radius 1 is 1.09 bits per heavy atom. The number of likely N-dealkylation sites (tertiary alicyclic amines) is 1. The quantitative estimate of drug-likeness (QED) is 0.843. The van der Waals surface area contributed by atoms with Gasteiger partial charge in [-0.15, -0.1) is 0 Å². The molecule has 0 unspecified atom stereocenters. The van der Waals surface area contributed by atoms with E-state index in [4.69, 9.17) is 9.47 Å². The lowest BCUT2D eigenvalue weighted by Crippen LogP contribution is -2.40. The van der Waals surface area contributed by atoms with Gasteiger partial charge in [0.2, 0.25) is 0 Å². The van der Waals surface area contributed by atoms with Crippen molar-refractivity contribution in [1.29, 1.82) is 0 Å². The van der Waals surface area contributed by atoms with Crippen LogP contribution in [0.1, 0.15) is 35.6 Å². The van der Waals surface area contributed by atoms with Crippen LogP contribution in [0.25, 0.3) is 0 Å². The number of hydrogen-bond donors (Lipinski definition) is 0. The third kappa shape index (κ3) is 2.44. The zero-order valence-corrected chi connectivity index (χ0v) is 13.8. The van der Waals surface area contributed by atoms with E-state index in [0.717, 1.165) is 31.7 Å². The minimum atomic E-state index is -0.170. The SMILES string of the molecule is COc1ccc2c(c1)C1(CCN(C)CC1)O[C@H]2c1ccccc1. The summed E-state index contributed by atoms with van der Waals surface area (Å²) in [6.45, 7) is 2.14. The maximum Gasteiger partial charge on any atom is 0.119 e. The van der Waals surface area contributed by atoms with Crippen LogP contribution in [0.2, 0.25) is 0 Å². The smallest absolute Gasteiger partial charge is 0.119 e. The minimum Gasteiger partial charge on any atom is -0.497 e. The molecule has 3 heteroatoms. The van der Waals surface area contributed by atoms with Crippen LogP contribution in [0.3, 0.4) is 0 Å². The molecule has 0 N–H and O–H groups in total. The monoisotopic (exact) mass is 309 g/mol. The van der Waals surface area contributed by atoms with Crippen molar-refractivity contribution in [2.45, 2.75) is 24.5 Å². The highest BCUT2D eigenvalue weighted by Crippen LogP contribution is 2.52. The van der Waals surface area contributed by atoms with Crippen LogP contribution >= 0.6 is 0 Å². The lowest BCUT2D eigenvalue weighted by molar-refractivity contribution is -0.0941. The van der Waals surface area contributed by atoms with Gasteiger partial charge in [0.25, 0.3) is 0 Å². The Hall–Kier alpha value is -1.84. The Morgan fingerprint density at radius 2 is 1.83 bits per heavy atom. The van der Waals surface area contributed by atoms with Gasteiger partial charge in [0, 0.05) is 13.1 Å². The van der Waals surface area contributed by atoms with Gasteiger partial charge in [-0.2, -0.15) is 0 Å². The second-order valence-electron chi connectivity index (χ2n) is 6.66. The van der Waals surface area contributed by atoms with Gasteiger partial charge >= 0.3 is 0 Å². The second kappa shape index (κ2) is 5.66. The molecule has 0 amide bonds. The van der Waals surface area contributed by atoms with Crippen molar-refractivity contribution in [2.75, 3.05) is 27.2 Å². The van der Waals surface area contributed by atoms with Crippen molar-refractivity contribution in [3.05, 3.63) is 65.2 Å². The Balaban J connectivity index is 1.80. The number of fused-ring (bicyclic) bond motifs is 2. The molecule has 4 rings (SSSR count). The van der Waals surface area contributed by atoms with Gasteiger partial charge in [-0.1, -0.05) is 36.4 Å². The minimum absolute atomic E-state index is 0.0283. The van der Waals surface area contributed by atoms with E-state index in [9.17, 15) is 0 Å². The molecule has 23 heavy (non-hydrogen) atoms. The van der Waals surface area contributed by atoms with E-state index in [1.165, 1.54) is 16.7 Å². The van der Waals surface area contributed by atoms with Crippen LogP contribution in [-0.4, -0.2) is 32.1 Å². The normalized spacial score (nSPS) is 23.0. The number of methoxy groups -OCH3 is 1. The van der Waals surface area contributed by atoms with E-state index in [2.05, 4.69) is 54.4 Å². The molecule has 1 saturated heterocycles. The van der Waals surface area contributed by atoms with Gasteiger partial charge in [0.1, 0.15) is 11.9 Å². The van der Waals surface area contributed by atoms with Crippen molar-refractivity contribution in [3.8, 4) is 5.75 Å². The predicted molar refractivity (Wildman–Crippen MR) is 90.8 cm³/mol. The third-order valence-corrected chi connectivity index (χ3v) is 5.27. The summed E-state index contributed by atoms with van der Waals surface area (Å²) in [5, 5.41) is 0. The largest absolute Gasteiger partial charge is 0.497 e. The molecule has 0 bridgehead atoms. The van der Waals surface area contributed by atoms with Crippen molar-refractivity contribution < 1.29 is 9.47 Å². The van der Waals surface area contributed by atoms with Crippen LogP contribution in [0.15, 0.2) is 48.5 Å². The summed E-state index contributed by atoms with van der Waals surface area (Å²) in [6.07, 6.45) is 2.10. The predicted octanol–water partition coefficient (Wildman–Crippen LogP) is 3.74. The van der Waals surface area contributed by atoms with Gasteiger partial charge in [0.15, 0.2) is 0 Å². The number of hydrogen-bond acceptors (Lipinski definition) is 3. The molecule has 1 fully saturated rings. The zero-order valence-electron chi connectivity index (χ0n) is 13.8. The summed E-state index contributed by atoms with van der Waals surface area (Å²) in [7, 11) is 3.91. The van der Waals surface area contributed by atoms with E-state index >= 15 is 0 Å². The van der Waals surface area contributed by atoms with E-state index in [0.29, 0.717) is 0 Å². The molecular weight excluding hydrogens is 286 g/mol. The first kappa shape index (κ1) is 14.7. The fourth-order valence-corrected chi connectivity index (χ4v) is 3.88. The molecule has 1 atom stereocenters. The summed E-state index contributed by atoms with van der Waals surface area (Å²) in [4.78, 5) is 2.38. The average molecular weight is 309 g/mol. The van der Waals surface area contributed by atoms with Crippen LogP contribution in [0.4, 0.5) is 0 Å². The highest BCUT2D eigenvalue weighted by atomic mass is 16.5. The molecule has 2 aromatic rings. The Bertz CT molecular complexity index is 690. The van der Waals surface area contributed by atoms with E-state index < -0.39 is 0 Å². The first-order valence-corrected chi connectivity index (χ1v) is 8.32. The summed E-state index contributed by atoms with van der Waals surface area (Å²) in [5.74, 6) is 0.916. The Kier molecular flexibility index (Phi) is 3.63. The molecule has 2 aliphatic heterocycles. The molecule has 2 aliphatic rings.